The van der Waals surface area contributed by atoms with E-state index < -0.39 is 5.60 Å². The molecule has 0 aromatic heterocycles. The van der Waals surface area contributed by atoms with Crippen molar-refractivity contribution in [1.82, 2.24) is 4.90 Å². The van der Waals surface area contributed by atoms with Crippen molar-refractivity contribution in [2.24, 2.45) is 0 Å². The molecule has 0 unspecified atom stereocenters. The molecule has 1 aromatic rings. The Kier molecular flexibility index (Phi) is 5.62. The predicted octanol–water partition coefficient (Wildman–Crippen LogP) is 1.84. The van der Waals surface area contributed by atoms with Crippen LogP contribution in [0, 0.1) is 0 Å². The van der Waals surface area contributed by atoms with Crippen molar-refractivity contribution in [3.63, 3.8) is 0 Å². The lowest BCUT2D eigenvalue weighted by atomic mass is 10.1. The summed E-state index contributed by atoms with van der Waals surface area (Å²) in [7, 11) is 0. The van der Waals surface area contributed by atoms with Gasteiger partial charge in [0.25, 0.3) is 0 Å². The van der Waals surface area contributed by atoms with E-state index >= 15 is 0 Å². The van der Waals surface area contributed by atoms with Crippen LogP contribution in [0.2, 0.25) is 0 Å². The van der Waals surface area contributed by atoms with Crippen LogP contribution in [0.3, 0.4) is 0 Å². The number of nitrogens with zero attached hydrogens (tertiary/aromatic N) is 2. The van der Waals surface area contributed by atoms with Gasteiger partial charge in [-0.15, -0.1) is 0 Å². The molecule has 1 atom stereocenters. The summed E-state index contributed by atoms with van der Waals surface area (Å²) < 4.78 is 0. The average Bonchev–Trinajstić information content (AvgIpc) is 2.59. The Morgan fingerprint density at radius 2 is 2.08 bits per heavy atom. The Hall–Kier alpha value is -1.92. The molecule has 2 rings (SSSR count). The number of aliphatic hydroxyl groups is 1. The molecule has 1 aliphatic heterocycles. The normalized spacial score (nSPS) is 18.2. The standard InChI is InChI=1S/C18H27N3O3/c1-5-20(12-18(3,4)24)11-17(23)21-13(2)10-16(22)19-14-8-6-7-9-15(14)21/h6-9,13,24H,5,10-12H2,1-4H3,(H,19,22)/t13-/m0/s1. The summed E-state index contributed by atoms with van der Waals surface area (Å²) >= 11 is 0. The fourth-order valence-electron chi connectivity index (χ4n) is 3.06. The van der Waals surface area contributed by atoms with E-state index in [2.05, 4.69) is 5.32 Å². The first-order chi connectivity index (χ1) is 11.2. The highest BCUT2D eigenvalue weighted by atomic mass is 16.3. The minimum Gasteiger partial charge on any atom is -0.389 e. The highest BCUT2D eigenvalue weighted by molar-refractivity contribution is 6.04. The Labute approximate surface area is 143 Å². The molecule has 1 aromatic carbocycles. The van der Waals surface area contributed by atoms with Crippen molar-refractivity contribution in [2.45, 2.75) is 45.8 Å². The molecule has 2 N–H and O–H groups in total. The van der Waals surface area contributed by atoms with Gasteiger partial charge in [0.05, 0.1) is 23.5 Å². The third-order valence-corrected chi connectivity index (χ3v) is 4.04. The second kappa shape index (κ2) is 7.32. The molecule has 0 bridgehead atoms. The predicted molar refractivity (Wildman–Crippen MR) is 95.0 cm³/mol. The van der Waals surface area contributed by atoms with E-state index in [4.69, 9.17) is 0 Å². The Balaban J connectivity index is 2.25. The van der Waals surface area contributed by atoms with Gasteiger partial charge in [-0.05, 0) is 39.4 Å². The largest absolute Gasteiger partial charge is 0.389 e. The van der Waals surface area contributed by atoms with Gasteiger partial charge in [-0.1, -0.05) is 19.1 Å². The van der Waals surface area contributed by atoms with E-state index in [0.29, 0.717) is 18.8 Å². The fraction of sp³-hybridized carbons (Fsp3) is 0.556. The van der Waals surface area contributed by atoms with Gasteiger partial charge in [0, 0.05) is 19.0 Å². The Bertz CT molecular complexity index is 610. The molecule has 0 saturated heterocycles. The molecule has 0 spiro atoms. The molecule has 0 saturated carbocycles. The Morgan fingerprint density at radius 1 is 1.42 bits per heavy atom. The summed E-state index contributed by atoms with van der Waals surface area (Å²) in [5.74, 6) is -0.161. The quantitative estimate of drug-likeness (QED) is 0.862. The van der Waals surface area contributed by atoms with Gasteiger partial charge in [0.2, 0.25) is 11.8 Å². The lowest BCUT2D eigenvalue weighted by Crippen LogP contribution is -2.48. The molecule has 0 radical (unpaired) electrons. The number of anilines is 2. The van der Waals surface area contributed by atoms with E-state index in [0.717, 1.165) is 5.69 Å². The minimum absolute atomic E-state index is 0.0717. The van der Waals surface area contributed by atoms with Gasteiger partial charge in [-0.2, -0.15) is 0 Å². The van der Waals surface area contributed by atoms with Crippen molar-refractivity contribution in [2.75, 3.05) is 29.9 Å². The lowest BCUT2D eigenvalue weighted by molar-refractivity contribution is -0.120. The highest BCUT2D eigenvalue weighted by Gasteiger charge is 2.30. The first-order valence-electron chi connectivity index (χ1n) is 8.37. The maximum Gasteiger partial charge on any atom is 0.241 e. The van der Waals surface area contributed by atoms with E-state index in [9.17, 15) is 14.7 Å². The van der Waals surface area contributed by atoms with Crippen LogP contribution in [0.4, 0.5) is 11.4 Å². The molecule has 6 heteroatoms. The number of carbonyl (C=O) groups is 2. The van der Waals surface area contributed by atoms with Crippen LogP contribution in [0.15, 0.2) is 24.3 Å². The summed E-state index contributed by atoms with van der Waals surface area (Å²) in [5.41, 5.74) is 0.516. The van der Waals surface area contributed by atoms with Crippen LogP contribution in [0.5, 0.6) is 0 Å². The lowest BCUT2D eigenvalue weighted by Gasteiger charge is -2.32. The summed E-state index contributed by atoms with van der Waals surface area (Å²) in [6, 6.07) is 7.13. The monoisotopic (exact) mass is 333 g/mol. The zero-order valence-corrected chi connectivity index (χ0v) is 14.9. The minimum atomic E-state index is -0.865. The number of benzene rings is 1. The van der Waals surface area contributed by atoms with E-state index in [1.54, 1.807) is 24.8 Å². The van der Waals surface area contributed by atoms with Crippen molar-refractivity contribution in [3.8, 4) is 0 Å². The molecule has 1 aliphatic rings. The number of carbonyl (C=O) groups excluding carboxylic acids is 2. The molecular weight excluding hydrogens is 306 g/mol. The molecule has 2 amide bonds. The number of hydrogen-bond acceptors (Lipinski definition) is 4. The van der Waals surface area contributed by atoms with Gasteiger partial charge >= 0.3 is 0 Å². The van der Waals surface area contributed by atoms with Crippen LogP contribution in [-0.4, -0.2) is 53.1 Å². The zero-order valence-electron chi connectivity index (χ0n) is 14.9. The highest BCUT2D eigenvalue weighted by Crippen LogP contribution is 2.31. The van der Waals surface area contributed by atoms with Crippen LogP contribution in [0.25, 0.3) is 0 Å². The van der Waals surface area contributed by atoms with Gasteiger partial charge in [0.1, 0.15) is 0 Å². The molecule has 1 heterocycles. The van der Waals surface area contributed by atoms with Crippen LogP contribution < -0.4 is 10.2 Å². The van der Waals surface area contributed by atoms with Crippen molar-refractivity contribution in [1.29, 1.82) is 0 Å². The molecule has 0 aliphatic carbocycles. The first kappa shape index (κ1) is 18.4. The molecule has 132 valence electrons. The van der Waals surface area contributed by atoms with Crippen LogP contribution >= 0.6 is 0 Å². The maximum absolute atomic E-state index is 12.9. The first-order valence-corrected chi connectivity index (χ1v) is 8.37. The van der Waals surface area contributed by atoms with Crippen LogP contribution in [-0.2, 0) is 9.59 Å². The second-order valence-corrected chi connectivity index (χ2v) is 7.00. The topological polar surface area (TPSA) is 72.9 Å². The Morgan fingerprint density at radius 3 is 2.71 bits per heavy atom. The number of likely N-dealkylation sites (N-methyl/N-ethyl adjacent to an activating group) is 1. The number of nitrogens with one attached hydrogen (secondary N) is 1. The summed E-state index contributed by atoms with van der Waals surface area (Å²) in [6.07, 6.45) is 0.262. The summed E-state index contributed by atoms with van der Waals surface area (Å²) in [5, 5.41) is 12.9. The smallest absolute Gasteiger partial charge is 0.241 e. The fourth-order valence-corrected chi connectivity index (χ4v) is 3.06. The van der Waals surface area contributed by atoms with E-state index in [1.807, 2.05) is 36.9 Å². The number of rotatable bonds is 5. The SMILES string of the molecule is CCN(CC(=O)N1c2ccccc2NC(=O)C[C@@H]1C)CC(C)(C)O. The maximum atomic E-state index is 12.9. The van der Waals surface area contributed by atoms with Gasteiger partial charge in [0.15, 0.2) is 0 Å². The van der Waals surface area contributed by atoms with E-state index in [-0.39, 0.29) is 30.8 Å². The van der Waals surface area contributed by atoms with Crippen molar-refractivity contribution in [3.05, 3.63) is 24.3 Å². The van der Waals surface area contributed by atoms with Gasteiger partial charge in [-0.25, -0.2) is 0 Å². The number of hydrogen-bond donors (Lipinski definition) is 2. The number of fused-ring (bicyclic) bond motifs is 1. The van der Waals surface area contributed by atoms with Crippen molar-refractivity contribution >= 4 is 23.2 Å². The average molecular weight is 333 g/mol. The third kappa shape index (κ3) is 4.55. The number of amides is 2. The summed E-state index contributed by atoms with van der Waals surface area (Å²) in [6.45, 7) is 8.58. The second-order valence-electron chi connectivity index (χ2n) is 7.00. The van der Waals surface area contributed by atoms with Crippen LogP contribution in [0.1, 0.15) is 34.1 Å². The van der Waals surface area contributed by atoms with Crippen molar-refractivity contribution < 1.29 is 14.7 Å². The van der Waals surface area contributed by atoms with Gasteiger partial charge in [-0.3, -0.25) is 14.5 Å². The molecular formula is C18H27N3O3. The number of para-hydroxylation sites is 2. The van der Waals surface area contributed by atoms with E-state index in [1.165, 1.54) is 0 Å². The van der Waals surface area contributed by atoms with Gasteiger partial charge < -0.3 is 15.3 Å². The molecule has 0 fully saturated rings. The molecule has 24 heavy (non-hydrogen) atoms. The summed E-state index contributed by atoms with van der Waals surface area (Å²) in [4.78, 5) is 28.6. The molecule has 6 nitrogen and oxygen atoms in total. The zero-order chi connectivity index (χ0) is 17.9. The third-order valence-electron chi connectivity index (χ3n) is 4.04.